The van der Waals surface area contributed by atoms with Crippen LogP contribution in [-0.4, -0.2) is 36.5 Å². The maximum atomic E-state index is 13.3. The van der Waals surface area contributed by atoms with Crippen molar-refractivity contribution in [3.63, 3.8) is 0 Å². The van der Waals surface area contributed by atoms with E-state index in [0.717, 1.165) is 22.1 Å². The molecule has 4 aromatic rings. The van der Waals surface area contributed by atoms with Gasteiger partial charge in [0.25, 0.3) is 10.0 Å². The van der Waals surface area contributed by atoms with Crippen molar-refractivity contribution in [2.75, 3.05) is 14.2 Å². The maximum Gasteiger partial charge on any atom is 0.269 e. The van der Waals surface area contributed by atoms with Crippen LogP contribution in [0.15, 0.2) is 72.1 Å². The van der Waals surface area contributed by atoms with Gasteiger partial charge in [-0.15, -0.1) is 12.4 Å². The van der Waals surface area contributed by atoms with Gasteiger partial charge in [0.05, 0.1) is 12.6 Å². The molecule has 7 nitrogen and oxygen atoms in total. The Morgan fingerprint density at radius 3 is 2.61 bits per heavy atom. The lowest BCUT2D eigenvalue weighted by Gasteiger charge is -2.10. The Morgan fingerprint density at radius 2 is 1.90 bits per heavy atom. The molecule has 0 unspecified atom stereocenters. The zero-order valence-electron chi connectivity index (χ0n) is 17.1. The van der Waals surface area contributed by atoms with Gasteiger partial charge in [0.15, 0.2) is 0 Å². The molecular formula is C22H23ClN4O3S. The topological polar surface area (TPSA) is 86.1 Å². The summed E-state index contributed by atoms with van der Waals surface area (Å²) in [7, 11) is -0.353. The Bertz CT molecular complexity index is 1290. The summed E-state index contributed by atoms with van der Waals surface area (Å²) in [6, 6.07) is 12.9. The summed E-state index contributed by atoms with van der Waals surface area (Å²) in [4.78, 5) is 8.36. The van der Waals surface area contributed by atoms with Gasteiger partial charge in [0, 0.05) is 48.7 Å². The first-order valence-corrected chi connectivity index (χ1v) is 10.9. The molecule has 9 heteroatoms. The third kappa shape index (κ3) is 4.41. The van der Waals surface area contributed by atoms with Crippen molar-refractivity contribution in [1.29, 1.82) is 0 Å². The highest BCUT2D eigenvalue weighted by atomic mass is 35.5. The largest absolute Gasteiger partial charge is 0.481 e. The molecule has 0 bridgehead atoms. The van der Waals surface area contributed by atoms with Crippen molar-refractivity contribution in [2.45, 2.75) is 17.9 Å². The third-order valence-electron chi connectivity index (χ3n) is 4.91. The summed E-state index contributed by atoms with van der Waals surface area (Å²) >= 11 is 0. The van der Waals surface area contributed by atoms with Crippen molar-refractivity contribution < 1.29 is 13.2 Å². The van der Waals surface area contributed by atoms with Crippen LogP contribution < -0.4 is 10.1 Å². The molecule has 0 radical (unpaired) electrons. The second kappa shape index (κ2) is 9.47. The molecule has 3 heterocycles. The molecule has 0 atom stereocenters. The summed E-state index contributed by atoms with van der Waals surface area (Å²) in [6.45, 7) is 0.557. The number of hydrogen-bond donors (Lipinski definition) is 1. The van der Waals surface area contributed by atoms with Crippen molar-refractivity contribution in [1.82, 2.24) is 19.3 Å². The van der Waals surface area contributed by atoms with Gasteiger partial charge in [-0.25, -0.2) is 17.4 Å². The number of rotatable bonds is 7. The standard InChI is InChI=1S/C22H22N4O3S.ClH/c1-23-13-18-15-26(30(27,28)19-6-4-9-24-14-19)21-12-16(7-8-20(18)21)11-17-5-3-10-25-22(17)29-2;/h3-10,12,14-15,23H,11,13H2,1-2H3;1H. The fourth-order valence-electron chi connectivity index (χ4n) is 3.53. The summed E-state index contributed by atoms with van der Waals surface area (Å²) in [5, 5.41) is 3.99. The number of pyridine rings is 2. The average molecular weight is 459 g/mol. The second-order valence-electron chi connectivity index (χ2n) is 6.87. The summed E-state index contributed by atoms with van der Waals surface area (Å²) in [6.07, 6.45) is 6.85. The first-order chi connectivity index (χ1) is 14.5. The van der Waals surface area contributed by atoms with E-state index in [0.29, 0.717) is 24.4 Å². The average Bonchev–Trinajstić information content (AvgIpc) is 3.13. The van der Waals surface area contributed by atoms with E-state index in [1.54, 1.807) is 37.8 Å². The van der Waals surface area contributed by atoms with Gasteiger partial charge in [0.1, 0.15) is 4.90 Å². The molecule has 4 rings (SSSR count). The molecule has 31 heavy (non-hydrogen) atoms. The lowest BCUT2D eigenvalue weighted by Crippen LogP contribution is -2.12. The quantitative estimate of drug-likeness (QED) is 0.456. The molecule has 0 aliphatic rings. The monoisotopic (exact) mass is 458 g/mol. The molecule has 1 N–H and O–H groups in total. The van der Waals surface area contributed by atoms with E-state index >= 15 is 0 Å². The van der Waals surface area contributed by atoms with Crippen LogP contribution in [0.3, 0.4) is 0 Å². The lowest BCUT2D eigenvalue weighted by molar-refractivity contribution is 0.393. The zero-order valence-corrected chi connectivity index (χ0v) is 18.8. The maximum absolute atomic E-state index is 13.3. The molecule has 1 aromatic carbocycles. The van der Waals surface area contributed by atoms with Crippen molar-refractivity contribution in [3.05, 3.63) is 83.9 Å². The van der Waals surface area contributed by atoms with E-state index < -0.39 is 10.0 Å². The molecule has 3 aromatic heterocycles. The van der Waals surface area contributed by atoms with Gasteiger partial charge in [-0.3, -0.25) is 4.98 Å². The Labute approximate surface area is 187 Å². The Morgan fingerprint density at radius 1 is 1.10 bits per heavy atom. The molecule has 0 aliphatic carbocycles. The predicted octanol–water partition coefficient (Wildman–Crippen LogP) is 3.41. The Kier molecular flexibility index (Phi) is 6.94. The van der Waals surface area contributed by atoms with Gasteiger partial charge in [-0.2, -0.15) is 0 Å². The SMILES string of the molecule is CNCc1cn(S(=O)(=O)c2cccnc2)c2cc(Cc3cccnc3OC)ccc12.Cl. The minimum atomic E-state index is -3.78. The van der Waals surface area contributed by atoms with E-state index in [1.165, 1.54) is 10.2 Å². The Balaban J connectivity index is 0.00000272. The van der Waals surface area contributed by atoms with Crippen LogP contribution in [0, 0.1) is 0 Å². The number of ether oxygens (including phenoxy) is 1. The van der Waals surface area contributed by atoms with Gasteiger partial charge in [0.2, 0.25) is 5.88 Å². The van der Waals surface area contributed by atoms with Crippen LogP contribution >= 0.6 is 12.4 Å². The minimum absolute atomic E-state index is 0. The highest BCUT2D eigenvalue weighted by molar-refractivity contribution is 7.90. The van der Waals surface area contributed by atoms with Crippen LogP contribution in [0.2, 0.25) is 0 Å². The van der Waals surface area contributed by atoms with Crippen LogP contribution in [0.25, 0.3) is 10.9 Å². The number of halogens is 1. The lowest BCUT2D eigenvalue weighted by atomic mass is 10.0. The molecule has 0 amide bonds. The fourth-order valence-corrected chi connectivity index (χ4v) is 4.88. The van der Waals surface area contributed by atoms with Crippen LogP contribution in [0.5, 0.6) is 5.88 Å². The first-order valence-electron chi connectivity index (χ1n) is 9.45. The van der Waals surface area contributed by atoms with Crippen molar-refractivity contribution >= 4 is 33.3 Å². The molecule has 0 saturated carbocycles. The summed E-state index contributed by atoms with van der Waals surface area (Å²) < 4.78 is 33.3. The first kappa shape index (κ1) is 22.7. The number of benzene rings is 1. The summed E-state index contributed by atoms with van der Waals surface area (Å²) in [5.41, 5.74) is 3.43. The van der Waals surface area contributed by atoms with E-state index in [9.17, 15) is 8.42 Å². The van der Waals surface area contributed by atoms with Gasteiger partial charge in [-0.1, -0.05) is 18.2 Å². The normalized spacial score (nSPS) is 11.3. The number of hydrogen-bond acceptors (Lipinski definition) is 6. The van der Waals surface area contributed by atoms with Gasteiger partial charge < -0.3 is 10.1 Å². The third-order valence-corrected chi connectivity index (χ3v) is 6.57. The van der Waals surface area contributed by atoms with Gasteiger partial charge >= 0.3 is 0 Å². The molecule has 0 saturated heterocycles. The highest BCUT2D eigenvalue weighted by Gasteiger charge is 2.21. The Hall–Kier alpha value is -2.94. The van der Waals surface area contributed by atoms with E-state index in [1.807, 2.05) is 37.4 Å². The molecular weight excluding hydrogens is 436 g/mol. The number of methoxy groups -OCH3 is 1. The second-order valence-corrected chi connectivity index (χ2v) is 8.69. The van der Waals surface area contributed by atoms with E-state index in [-0.39, 0.29) is 17.3 Å². The van der Waals surface area contributed by atoms with Crippen LogP contribution in [0.4, 0.5) is 0 Å². The number of aromatic nitrogens is 3. The van der Waals surface area contributed by atoms with E-state index in [4.69, 9.17) is 4.74 Å². The number of nitrogens with one attached hydrogen (secondary N) is 1. The minimum Gasteiger partial charge on any atom is -0.481 e. The molecule has 162 valence electrons. The fraction of sp³-hybridized carbons (Fsp3) is 0.182. The number of nitrogens with zero attached hydrogens (tertiary/aromatic N) is 3. The highest BCUT2D eigenvalue weighted by Crippen LogP contribution is 2.28. The van der Waals surface area contributed by atoms with Gasteiger partial charge in [-0.05, 0) is 42.4 Å². The van der Waals surface area contributed by atoms with E-state index in [2.05, 4.69) is 15.3 Å². The molecule has 0 spiro atoms. The molecule has 0 fully saturated rings. The summed E-state index contributed by atoms with van der Waals surface area (Å²) in [5.74, 6) is 0.562. The van der Waals surface area contributed by atoms with Crippen molar-refractivity contribution in [2.24, 2.45) is 0 Å². The smallest absolute Gasteiger partial charge is 0.269 e. The molecule has 0 aliphatic heterocycles. The van der Waals surface area contributed by atoms with Crippen molar-refractivity contribution in [3.8, 4) is 5.88 Å². The zero-order chi connectivity index (χ0) is 21.1. The van der Waals surface area contributed by atoms with Crippen LogP contribution in [0.1, 0.15) is 16.7 Å². The predicted molar refractivity (Wildman–Crippen MR) is 122 cm³/mol. The number of fused-ring (bicyclic) bond motifs is 1. The van der Waals surface area contributed by atoms with Crippen LogP contribution in [-0.2, 0) is 23.0 Å².